The standard InChI is InChI=1S/C21H15ClN2O3/c1-26-18-7-6-16(13-2-4-14(22)5-3-13)17-12-19(27-20(17)18)21(25)24-15-8-10-23-11-9-15/h2-12H,1H3,(H,23,24,25). The first kappa shape index (κ1) is 17.1. The van der Waals surface area contributed by atoms with Gasteiger partial charge in [-0.15, -0.1) is 0 Å². The Hall–Kier alpha value is -3.31. The van der Waals surface area contributed by atoms with Gasteiger partial charge in [0.15, 0.2) is 17.1 Å². The topological polar surface area (TPSA) is 64.4 Å². The van der Waals surface area contributed by atoms with E-state index in [1.54, 1.807) is 37.7 Å². The highest BCUT2D eigenvalue weighted by Crippen LogP contribution is 2.37. The zero-order chi connectivity index (χ0) is 18.8. The van der Waals surface area contributed by atoms with E-state index in [1.807, 2.05) is 36.4 Å². The summed E-state index contributed by atoms with van der Waals surface area (Å²) in [6, 6.07) is 16.4. The number of benzene rings is 2. The van der Waals surface area contributed by atoms with Crippen LogP contribution in [0.3, 0.4) is 0 Å². The maximum Gasteiger partial charge on any atom is 0.291 e. The lowest BCUT2D eigenvalue weighted by Crippen LogP contribution is -2.10. The lowest BCUT2D eigenvalue weighted by Gasteiger charge is -2.06. The molecule has 0 atom stereocenters. The highest BCUT2D eigenvalue weighted by atomic mass is 35.5. The molecule has 0 fully saturated rings. The van der Waals surface area contributed by atoms with Gasteiger partial charge in [-0.1, -0.05) is 23.7 Å². The van der Waals surface area contributed by atoms with Crippen LogP contribution in [0.4, 0.5) is 5.69 Å². The van der Waals surface area contributed by atoms with E-state index in [-0.39, 0.29) is 11.7 Å². The number of nitrogens with one attached hydrogen (secondary N) is 1. The third-order valence-electron chi connectivity index (χ3n) is 4.18. The molecule has 0 aliphatic rings. The van der Waals surface area contributed by atoms with Crippen molar-refractivity contribution >= 4 is 34.2 Å². The molecule has 4 rings (SSSR count). The largest absolute Gasteiger partial charge is 0.493 e. The van der Waals surface area contributed by atoms with Gasteiger partial charge in [0.05, 0.1) is 7.11 Å². The molecule has 0 aliphatic heterocycles. The van der Waals surface area contributed by atoms with Crippen LogP contribution in [0.5, 0.6) is 5.75 Å². The average Bonchev–Trinajstić information content (AvgIpc) is 3.14. The van der Waals surface area contributed by atoms with E-state index in [2.05, 4.69) is 10.3 Å². The summed E-state index contributed by atoms with van der Waals surface area (Å²) in [5.74, 6) is 0.411. The molecule has 2 aromatic heterocycles. The van der Waals surface area contributed by atoms with Gasteiger partial charge in [0.1, 0.15) is 0 Å². The highest BCUT2D eigenvalue weighted by molar-refractivity contribution is 6.30. The average molecular weight is 379 g/mol. The van der Waals surface area contributed by atoms with E-state index < -0.39 is 0 Å². The van der Waals surface area contributed by atoms with Gasteiger partial charge in [0.25, 0.3) is 5.91 Å². The predicted octanol–water partition coefficient (Wildman–Crippen LogP) is 5.41. The summed E-state index contributed by atoms with van der Waals surface area (Å²) in [4.78, 5) is 16.5. The summed E-state index contributed by atoms with van der Waals surface area (Å²) in [7, 11) is 1.57. The molecule has 0 saturated carbocycles. The first-order valence-electron chi connectivity index (χ1n) is 8.23. The first-order valence-corrected chi connectivity index (χ1v) is 8.61. The van der Waals surface area contributed by atoms with Gasteiger partial charge in [0.2, 0.25) is 0 Å². The number of hydrogen-bond donors (Lipinski definition) is 1. The van der Waals surface area contributed by atoms with Gasteiger partial charge in [-0.2, -0.15) is 0 Å². The zero-order valence-electron chi connectivity index (χ0n) is 14.4. The molecule has 0 saturated heterocycles. The number of methoxy groups -OCH3 is 1. The van der Waals surface area contributed by atoms with E-state index in [0.717, 1.165) is 16.5 Å². The molecule has 0 aliphatic carbocycles. The van der Waals surface area contributed by atoms with Crippen molar-refractivity contribution in [2.24, 2.45) is 0 Å². The molecule has 2 heterocycles. The highest BCUT2D eigenvalue weighted by Gasteiger charge is 2.18. The molecule has 0 bridgehead atoms. The summed E-state index contributed by atoms with van der Waals surface area (Å²) in [6.45, 7) is 0. The molecular formula is C21H15ClN2O3. The molecule has 0 unspecified atom stereocenters. The Morgan fingerprint density at radius 3 is 2.52 bits per heavy atom. The number of rotatable bonds is 4. The van der Waals surface area contributed by atoms with Gasteiger partial charge in [-0.25, -0.2) is 0 Å². The summed E-state index contributed by atoms with van der Waals surface area (Å²) >= 11 is 5.99. The van der Waals surface area contributed by atoms with E-state index in [0.29, 0.717) is 22.0 Å². The second-order valence-electron chi connectivity index (χ2n) is 5.87. The molecule has 4 aromatic rings. The lowest BCUT2D eigenvalue weighted by molar-refractivity contribution is 0.0998. The van der Waals surface area contributed by atoms with Crippen LogP contribution in [0.1, 0.15) is 10.6 Å². The van der Waals surface area contributed by atoms with Crippen molar-refractivity contribution in [1.29, 1.82) is 0 Å². The number of aromatic nitrogens is 1. The van der Waals surface area contributed by atoms with Gasteiger partial charge in [-0.05, 0) is 53.6 Å². The Labute approximate surface area is 160 Å². The van der Waals surface area contributed by atoms with Crippen LogP contribution < -0.4 is 10.1 Å². The maximum absolute atomic E-state index is 12.6. The summed E-state index contributed by atoms with van der Waals surface area (Å²) in [5.41, 5.74) is 3.05. The van der Waals surface area contributed by atoms with Gasteiger partial charge in [-0.3, -0.25) is 9.78 Å². The number of carbonyl (C=O) groups excluding carboxylic acids is 1. The minimum atomic E-state index is -0.346. The second-order valence-corrected chi connectivity index (χ2v) is 6.30. The van der Waals surface area contributed by atoms with Gasteiger partial charge < -0.3 is 14.5 Å². The van der Waals surface area contributed by atoms with Crippen molar-refractivity contribution in [3.05, 3.63) is 77.8 Å². The summed E-state index contributed by atoms with van der Waals surface area (Å²) in [5, 5.41) is 4.24. The molecular weight excluding hydrogens is 364 g/mol. The molecule has 1 N–H and O–H groups in total. The number of hydrogen-bond acceptors (Lipinski definition) is 4. The fourth-order valence-corrected chi connectivity index (χ4v) is 3.01. The van der Waals surface area contributed by atoms with Crippen molar-refractivity contribution in [3.8, 4) is 16.9 Å². The second kappa shape index (κ2) is 7.13. The van der Waals surface area contributed by atoms with Crippen LogP contribution in [-0.4, -0.2) is 18.0 Å². The van der Waals surface area contributed by atoms with Crippen LogP contribution in [0, 0.1) is 0 Å². The molecule has 0 spiro atoms. The normalized spacial score (nSPS) is 10.7. The molecule has 1 amide bonds. The third-order valence-corrected chi connectivity index (χ3v) is 4.44. The Kier molecular flexibility index (Phi) is 4.52. The van der Waals surface area contributed by atoms with Crippen LogP contribution in [-0.2, 0) is 0 Å². The lowest BCUT2D eigenvalue weighted by atomic mass is 10.0. The predicted molar refractivity (Wildman–Crippen MR) is 105 cm³/mol. The van der Waals surface area contributed by atoms with Crippen molar-refractivity contribution in [2.45, 2.75) is 0 Å². The van der Waals surface area contributed by atoms with E-state index >= 15 is 0 Å². The summed E-state index contributed by atoms with van der Waals surface area (Å²) < 4.78 is 11.2. The van der Waals surface area contributed by atoms with Crippen LogP contribution in [0.2, 0.25) is 5.02 Å². The van der Waals surface area contributed by atoms with Crippen LogP contribution >= 0.6 is 11.6 Å². The zero-order valence-corrected chi connectivity index (χ0v) is 15.2. The molecule has 134 valence electrons. The third kappa shape index (κ3) is 3.37. The minimum Gasteiger partial charge on any atom is -0.493 e. The maximum atomic E-state index is 12.6. The Morgan fingerprint density at radius 1 is 1.07 bits per heavy atom. The molecule has 5 nitrogen and oxygen atoms in total. The SMILES string of the molecule is COc1ccc(-c2ccc(Cl)cc2)c2cc(C(=O)Nc3ccncc3)oc12. The van der Waals surface area contributed by atoms with Gasteiger partial charge >= 0.3 is 0 Å². The van der Waals surface area contributed by atoms with E-state index in [1.165, 1.54) is 0 Å². The number of pyridine rings is 1. The van der Waals surface area contributed by atoms with Gasteiger partial charge in [0, 0.05) is 28.5 Å². The monoisotopic (exact) mass is 378 g/mol. The summed E-state index contributed by atoms with van der Waals surface area (Å²) in [6.07, 6.45) is 3.21. The number of anilines is 1. The molecule has 2 aromatic carbocycles. The molecule has 0 radical (unpaired) electrons. The smallest absolute Gasteiger partial charge is 0.291 e. The number of ether oxygens (including phenoxy) is 1. The first-order chi connectivity index (χ1) is 13.2. The van der Waals surface area contributed by atoms with Crippen molar-refractivity contribution in [3.63, 3.8) is 0 Å². The number of furan rings is 1. The van der Waals surface area contributed by atoms with E-state index in [9.17, 15) is 4.79 Å². The number of halogens is 1. The fraction of sp³-hybridized carbons (Fsp3) is 0.0476. The Morgan fingerprint density at radius 2 is 1.81 bits per heavy atom. The number of nitrogens with zero attached hydrogens (tertiary/aromatic N) is 1. The Bertz CT molecular complexity index is 1110. The van der Waals surface area contributed by atoms with Crippen LogP contribution in [0.15, 0.2) is 71.4 Å². The van der Waals surface area contributed by atoms with Crippen LogP contribution in [0.25, 0.3) is 22.1 Å². The number of amides is 1. The van der Waals surface area contributed by atoms with Crippen molar-refractivity contribution in [2.75, 3.05) is 12.4 Å². The quantitative estimate of drug-likeness (QED) is 0.515. The minimum absolute atomic E-state index is 0.196. The fourth-order valence-electron chi connectivity index (χ4n) is 2.88. The Balaban J connectivity index is 1.78. The molecule has 27 heavy (non-hydrogen) atoms. The number of carbonyl (C=O) groups is 1. The van der Waals surface area contributed by atoms with Crippen molar-refractivity contribution in [1.82, 2.24) is 4.98 Å². The molecule has 6 heteroatoms. The van der Waals surface area contributed by atoms with E-state index in [4.69, 9.17) is 20.8 Å². The number of fused-ring (bicyclic) bond motifs is 1. The van der Waals surface area contributed by atoms with Crippen molar-refractivity contribution < 1.29 is 13.9 Å².